The Morgan fingerprint density at radius 2 is 1.81 bits per heavy atom. The van der Waals surface area contributed by atoms with Gasteiger partial charge in [-0.25, -0.2) is 17.2 Å². The van der Waals surface area contributed by atoms with Gasteiger partial charge in [0.15, 0.2) is 11.6 Å². The van der Waals surface area contributed by atoms with E-state index in [-0.39, 0.29) is 30.6 Å². The lowest BCUT2D eigenvalue weighted by atomic mass is 10.1. The topological polar surface area (TPSA) is 96.0 Å². The standard InChI is InChI=1S/C26H33F2N3O5S/c1-4-24(26(33)29-19-9-5-6-10-19)30(16-18-8-7-11-21(14-18)36-2)25(32)17-31(37(3,34)35)20-12-13-22(27)23(28)15-20/h7-8,11-15,19,24H,4-6,9-10,16-17H2,1-3H3,(H,29,33). The average Bonchev–Trinajstić information content (AvgIpc) is 3.36. The average molecular weight is 538 g/mol. The summed E-state index contributed by atoms with van der Waals surface area (Å²) in [7, 11) is -2.54. The minimum Gasteiger partial charge on any atom is -0.497 e. The third kappa shape index (κ3) is 7.41. The van der Waals surface area contributed by atoms with Gasteiger partial charge in [0, 0.05) is 18.7 Å². The van der Waals surface area contributed by atoms with Crippen LogP contribution in [-0.4, -0.2) is 57.1 Å². The number of amides is 2. The molecule has 1 unspecified atom stereocenters. The van der Waals surface area contributed by atoms with Gasteiger partial charge in [-0.15, -0.1) is 0 Å². The van der Waals surface area contributed by atoms with Crippen LogP contribution in [0.25, 0.3) is 0 Å². The van der Waals surface area contributed by atoms with Crippen LogP contribution in [0.5, 0.6) is 5.75 Å². The van der Waals surface area contributed by atoms with Crippen LogP contribution in [-0.2, 0) is 26.2 Å². The van der Waals surface area contributed by atoms with Gasteiger partial charge in [-0.3, -0.25) is 13.9 Å². The second-order valence-corrected chi connectivity index (χ2v) is 11.1. The van der Waals surface area contributed by atoms with E-state index in [0.717, 1.165) is 50.1 Å². The van der Waals surface area contributed by atoms with Crippen LogP contribution in [0.3, 0.4) is 0 Å². The smallest absolute Gasteiger partial charge is 0.244 e. The summed E-state index contributed by atoms with van der Waals surface area (Å²) >= 11 is 0. The van der Waals surface area contributed by atoms with Gasteiger partial charge in [0.05, 0.1) is 19.1 Å². The molecule has 8 nitrogen and oxygen atoms in total. The molecular weight excluding hydrogens is 504 g/mol. The Labute approximate surface area is 216 Å². The number of rotatable bonds is 11. The summed E-state index contributed by atoms with van der Waals surface area (Å²) in [6.45, 7) is 1.09. The van der Waals surface area contributed by atoms with Crippen molar-refractivity contribution in [3.05, 3.63) is 59.7 Å². The Morgan fingerprint density at radius 1 is 1.11 bits per heavy atom. The van der Waals surface area contributed by atoms with Gasteiger partial charge in [0.1, 0.15) is 18.3 Å². The normalized spacial score (nSPS) is 14.7. The number of nitrogens with one attached hydrogen (secondary N) is 1. The van der Waals surface area contributed by atoms with Crippen molar-refractivity contribution < 1.29 is 31.5 Å². The largest absolute Gasteiger partial charge is 0.497 e. The molecule has 3 rings (SSSR count). The van der Waals surface area contributed by atoms with Gasteiger partial charge in [-0.1, -0.05) is 31.9 Å². The number of carbonyl (C=O) groups is 2. The van der Waals surface area contributed by atoms with Crippen molar-refractivity contribution in [2.24, 2.45) is 0 Å². The van der Waals surface area contributed by atoms with Gasteiger partial charge in [-0.05, 0) is 49.1 Å². The summed E-state index contributed by atoms with van der Waals surface area (Å²) in [6, 6.07) is 8.76. The van der Waals surface area contributed by atoms with Crippen molar-refractivity contribution in [2.45, 2.75) is 57.7 Å². The zero-order chi connectivity index (χ0) is 27.2. The van der Waals surface area contributed by atoms with E-state index in [1.54, 1.807) is 31.2 Å². The number of halogens is 2. The van der Waals surface area contributed by atoms with E-state index in [1.807, 2.05) is 0 Å². The molecule has 2 aromatic carbocycles. The van der Waals surface area contributed by atoms with E-state index in [4.69, 9.17) is 4.74 Å². The van der Waals surface area contributed by atoms with Crippen LogP contribution >= 0.6 is 0 Å². The number of nitrogens with zero attached hydrogens (tertiary/aromatic N) is 2. The maximum absolute atomic E-state index is 13.9. The van der Waals surface area contributed by atoms with Crippen LogP contribution in [0.2, 0.25) is 0 Å². The summed E-state index contributed by atoms with van der Waals surface area (Å²) in [5.41, 5.74) is 0.484. The fourth-order valence-electron chi connectivity index (χ4n) is 4.51. The minimum absolute atomic E-state index is 0.0159. The number of sulfonamides is 1. The number of ether oxygens (including phenoxy) is 1. The molecule has 1 saturated carbocycles. The maximum Gasteiger partial charge on any atom is 0.244 e. The van der Waals surface area contributed by atoms with E-state index in [2.05, 4.69) is 5.32 Å². The fraction of sp³-hybridized carbons (Fsp3) is 0.462. The van der Waals surface area contributed by atoms with Crippen molar-refractivity contribution in [3.63, 3.8) is 0 Å². The van der Waals surface area contributed by atoms with E-state index < -0.39 is 40.2 Å². The second-order valence-electron chi connectivity index (χ2n) is 9.16. The lowest BCUT2D eigenvalue weighted by Crippen LogP contribution is -2.53. The molecule has 0 spiro atoms. The third-order valence-corrected chi connectivity index (χ3v) is 7.59. The quantitative estimate of drug-likeness (QED) is 0.473. The highest BCUT2D eigenvalue weighted by Crippen LogP contribution is 2.23. The van der Waals surface area contributed by atoms with Gasteiger partial charge < -0.3 is 15.0 Å². The van der Waals surface area contributed by atoms with Crippen molar-refractivity contribution >= 4 is 27.5 Å². The molecule has 0 bridgehead atoms. The van der Waals surface area contributed by atoms with Crippen molar-refractivity contribution in [1.29, 1.82) is 0 Å². The molecule has 0 saturated heterocycles. The third-order valence-electron chi connectivity index (χ3n) is 6.44. The second kappa shape index (κ2) is 12.4. The molecule has 11 heteroatoms. The molecule has 0 radical (unpaired) electrons. The molecule has 0 aromatic heterocycles. The molecule has 2 aromatic rings. The number of methoxy groups -OCH3 is 1. The monoisotopic (exact) mass is 537 g/mol. The molecule has 202 valence electrons. The molecule has 37 heavy (non-hydrogen) atoms. The number of hydrogen-bond donors (Lipinski definition) is 1. The minimum atomic E-state index is -4.05. The zero-order valence-corrected chi connectivity index (χ0v) is 22.1. The number of anilines is 1. The first kappa shape index (κ1) is 28.4. The van der Waals surface area contributed by atoms with Crippen LogP contribution in [0.15, 0.2) is 42.5 Å². The number of carbonyl (C=O) groups excluding carboxylic acids is 2. The van der Waals surface area contributed by atoms with E-state index in [1.165, 1.54) is 12.0 Å². The van der Waals surface area contributed by atoms with Crippen molar-refractivity contribution in [3.8, 4) is 5.75 Å². The van der Waals surface area contributed by atoms with E-state index >= 15 is 0 Å². The first-order valence-electron chi connectivity index (χ1n) is 12.2. The maximum atomic E-state index is 13.9. The Hall–Kier alpha value is -3.21. The van der Waals surface area contributed by atoms with Gasteiger partial charge in [0.2, 0.25) is 21.8 Å². The molecule has 2 amide bonds. The van der Waals surface area contributed by atoms with Crippen LogP contribution in [0.4, 0.5) is 14.5 Å². The number of benzene rings is 2. The Bertz CT molecular complexity index is 1220. The van der Waals surface area contributed by atoms with Gasteiger partial charge >= 0.3 is 0 Å². The Balaban J connectivity index is 1.94. The first-order chi connectivity index (χ1) is 17.5. The lowest BCUT2D eigenvalue weighted by molar-refractivity contribution is -0.140. The van der Waals surface area contributed by atoms with E-state index in [9.17, 15) is 26.8 Å². The highest BCUT2D eigenvalue weighted by atomic mass is 32.2. The number of hydrogen-bond acceptors (Lipinski definition) is 5. The molecule has 1 aliphatic carbocycles. The van der Waals surface area contributed by atoms with Crippen LogP contribution in [0, 0.1) is 11.6 Å². The molecular formula is C26H33F2N3O5S. The molecule has 1 fully saturated rings. The predicted molar refractivity (Wildman–Crippen MR) is 137 cm³/mol. The highest BCUT2D eigenvalue weighted by Gasteiger charge is 2.33. The Kier molecular flexibility index (Phi) is 9.47. The highest BCUT2D eigenvalue weighted by molar-refractivity contribution is 7.92. The predicted octanol–water partition coefficient (Wildman–Crippen LogP) is 3.61. The molecule has 1 N–H and O–H groups in total. The molecule has 0 heterocycles. The summed E-state index contributed by atoms with van der Waals surface area (Å²) in [6.07, 6.45) is 4.93. The fourth-order valence-corrected chi connectivity index (χ4v) is 5.35. The Morgan fingerprint density at radius 3 is 2.41 bits per heavy atom. The zero-order valence-electron chi connectivity index (χ0n) is 21.2. The van der Waals surface area contributed by atoms with Gasteiger partial charge in [0.25, 0.3) is 0 Å². The summed E-state index contributed by atoms with van der Waals surface area (Å²) in [4.78, 5) is 28.3. The van der Waals surface area contributed by atoms with Gasteiger partial charge in [-0.2, -0.15) is 0 Å². The van der Waals surface area contributed by atoms with E-state index in [0.29, 0.717) is 15.6 Å². The summed E-state index contributed by atoms with van der Waals surface area (Å²) in [5.74, 6) is -2.80. The van der Waals surface area contributed by atoms with Crippen molar-refractivity contribution in [1.82, 2.24) is 10.2 Å². The summed E-state index contributed by atoms with van der Waals surface area (Å²) in [5, 5.41) is 3.02. The lowest BCUT2D eigenvalue weighted by Gasteiger charge is -2.33. The molecule has 0 aliphatic heterocycles. The summed E-state index contributed by atoms with van der Waals surface area (Å²) < 4.78 is 58.5. The van der Waals surface area contributed by atoms with Crippen molar-refractivity contribution in [2.75, 3.05) is 24.2 Å². The molecule has 1 atom stereocenters. The SMILES string of the molecule is CCC(C(=O)NC1CCCC1)N(Cc1cccc(OC)c1)C(=O)CN(c1ccc(F)c(F)c1)S(C)(=O)=O. The molecule has 1 aliphatic rings. The van der Waals surface area contributed by atoms with Crippen LogP contribution in [0.1, 0.15) is 44.6 Å². The van der Waals surface area contributed by atoms with Crippen LogP contribution < -0.4 is 14.4 Å². The first-order valence-corrected chi connectivity index (χ1v) is 14.0.